The van der Waals surface area contributed by atoms with E-state index >= 15 is 0 Å². The van der Waals surface area contributed by atoms with Gasteiger partial charge in [0.05, 0.1) is 31.9 Å². The molecule has 5 rings (SSSR count). The van der Waals surface area contributed by atoms with E-state index in [2.05, 4.69) is 30.2 Å². The SMILES string of the molecule is COc1cncc(-c2nc(NCc3ncccc3C)c3ncn([C@@H]4O[C@H](C(=O)NCC(F)(F)F)[C@@H](O)[C@H]4O)c3n2)c1. The van der Waals surface area contributed by atoms with Crippen molar-refractivity contribution in [1.29, 1.82) is 0 Å². The highest BCUT2D eigenvalue weighted by atomic mass is 19.4. The molecule has 0 aliphatic carbocycles. The minimum absolute atomic E-state index is 0.144. The van der Waals surface area contributed by atoms with Crippen LogP contribution in [0.3, 0.4) is 0 Å². The molecule has 0 unspecified atom stereocenters. The molecule has 13 nitrogen and oxygen atoms in total. The fraction of sp³-hybridized carbons (Fsp3) is 0.360. The molecule has 0 aromatic carbocycles. The van der Waals surface area contributed by atoms with Gasteiger partial charge in [0.2, 0.25) is 0 Å². The summed E-state index contributed by atoms with van der Waals surface area (Å²) in [5.41, 5.74) is 2.58. The molecular formula is C25H25F3N8O5. The molecule has 4 atom stereocenters. The minimum atomic E-state index is -4.67. The average Bonchev–Trinajstić information content (AvgIpc) is 3.51. The molecule has 1 aliphatic heterocycles. The molecule has 4 aromatic rings. The number of pyridine rings is 2. The van der Waals surface area contributed by atoms with Gasteiger partial charge in [0, 0.05) is 18.0 Å². The molecule has 4 N–H and O–H groups in total. The Labute approximate surface area is 230 Å². The number of hydrogen-bond donors (Lipinski definition) is 4. The number of amides is 1. The molecule has 41 heavy (non-hydrogen) atoms. The first kappa shape index (κ1) is 28.1. The number of imidazole rings is 1. The van der Waals surface area contributed by atoms with Crippen LogP contribution >= 0.6 is 0 Å². The van der Waals surface area contributed by atoms with Crippen molar-refractivity contribution in [3.05, 3.63) is 54.4 Å². The maximum atomic E-state index is 12.6. The zero-order valence-corrected chi connectivity index (χ0v) is 21.7. The Morgan fingerprint density at radius 2 is 2.00 bits per heavy atom. The molecule has 0 bridgehead atoms. The van der Waals surface area contributed by atoms with Crippen molar-refractivity contribution < 1.29 is 37.7 Å². The van der Waals surface area contributed by atoms with E-state index in [4.69, 9.17) is 9.47 Å². The molecule has 0 radical (unpaired) electrons. The van der Waals surface area contributed by atoms with E-state index in [0.717, 1.165) is 11.3 Å². The molecule has 1 aliphatic rings. The Hall–Kier alpha value is -4.41. The molecule has 1 amide bonds. The van der Waals surface area contributed by atoms with Crippen molar-refractivity contribution in [3.63, 3.8) is 0 Å². The number of rotatable bonds is 8. The van der Waals surface area contributed by atoms with Gasteiger partial charge in [-0.1, -0.05) is 6.07 Å². The van der Waals surface area contributed by atoms with Crippen LogP contribution in [0.1, 0.15) is 17.5 Å². The van der Waals surface area contributed by atoms with E-state index < -0.39 is 43.2 Å². The lowest BCUT2D eigenvalue weighted by atomic mass is 10.1. The van der Waals surface area contributed by atoms with Crippen molar-refractivity contribution in [2.75, 3.05) is 19.0 Å². The van der Waals surface area contributed by atoms with Gasteiger partial charge in [0.1, 0.15) is 24.5 Å². The zero-order valence-electron chi connectivity index (χ0n) is 21.7. The van der Waals surface area contributed by atoms with Crippen LogP contribution in [0.25, 0.3) is 22.6 Å². The van der Waals surface area contributed by atoms with Crippen molar-refractivity contribution in [3.8, 4) is 17.1 Å². The molecule has 1 saturated heterocycles. The summed E-state index contributed by atoms with van der Waals surface area (Å²) in [5, 5.41) is 26.0. The Balaban J connectivity index is 1.52. The number of hydrogen-bond acceptors (Lipinski definition) is 11. The summed E-state index contributed by atoms with van der Waals surface area (Å²) >= 11 is 0. The number of methoxy groups -OCH3 is 1. The van der Waals surface area contributed by atoms with Gasteiger partial charge in [-0.15, -0.1) is 0 Å². The smallest absolute Gasteiger partial charge is 0.405 e. The molecule has 4 aromatic heterocycles. The quantitative estimate of drug-likeness (QED) is 0.241. The molecule has 216 valence electrons. The maximum Gasteiger partial charge on any atom is 0.405 e. The van der Waals surface area contributed by atoms with Gasteiger partial charge in [0.15, 0.2) is 35.1 Å². The Morgan fingerprint density at radius 1 is 1.20 bits per heavy atom. The van der Waals surface area contributed by atoms with Gasteiger partial charge in [-0.2, -0.15) is 13.2 Å². The van der Waals surface area contributed by atoms with E-state index in [1.165, 1.54) is 30.4 Å². The monoisotopic (exact) mass is 574 g/mol. The Bertz CT molecular complexity index is 1570. The van der Waals surface area contributed by atoms with E-state index in [-0.39, 0.29) is 23.5 Å². The molecule has 1 fully saturated rings. The first-order valence-corrected chi connectivity index (χ1v) is 12.3. The largest absolute Gasteiger partial charge is 0.495 e. The van der Waals surface area contributed by atoms with Crippen LogP contribution in [0.5, 0.6) is 5.75 Å². The van der Waals surface area contributed by atoms with Crippen molar-refractivity contribution >= 4 is 22.9 Å². The highest BCUT2D eigenvalue weighted by Gasteiger charge is 2.48. The zero-order chi connectivity index (χ0) is 29.3. The topological polar surface area (TPSA) is 169 Å². The van der Waals surface area contributed by atoms with Gasteiger partial charge >= 0.3 is 6.18 Å². The number of aryl methyl sites for hydroxylation is 1. The van der Waals surface area contributed by atoms with Crippen LogP contribution in [0.15, 0.2) is 43.1 Å². The Morgan fingerprint density at radius 3 is 2.73 bits per heavy atom. The van der Waals surface area contributed by atoms with Gasteiger partial charge < -0.3 is 30.3 Å². The average molecular weight is 575 g/mol. The lowest BCUT2D eigenvalue weighted by Crippen LogP contribution is -2.45. The number of carbonyl (C=O) groups is 1. The number of nitrogens with zero attached hydrogens (tertiary/aromatic N) is 6. The van der Waals surface area contributed by atoms with E-state index in [0.29, 0.717) is 17.1 Å². The minimum Gasteiger partial charge on any atom is -0.495 e. The second kappa shape index (κ2) is 11.2. The second-order valence-electron chi connectivity index (χ2n) is 9.22. The fourth-order valence-electron chi connectivity index (χ4n) is 4.27. The molecular weight excluding hydrogens is 549 g/mol. The van der Waals surface area contributed by atoms with Crippen LogP contribution in [-0.4, -0.2) is 83.7 Å². The van der Waals surface area contributed by atoms with E-state index in [1.54, 1.807) is 17.6 Å². The lowest BCUT2D eigenvalue weighted by molar-refractivity contribution is -0.149. The maximum absolute atomic E-state index is 12.6. The third-order valence-corrected chi connectivity index (χ3v) is 6.40. The second-order valence-corrected chi connectivity index (χ2v) is 9.22. The summed E-state index contributed by atoms with van der Waals surface area (Å²) in [5.74, 6) is -0.294. The first-order chi connectivity index (χ1) is 19.6. The van der Waals surface area contributed by atoms with Crippen molar-refractivity contribution in [1.82, 2.24) is 34.8 Å². The highest BCUT2D eigenvalue weighted by Crippen LogP contribution is 2.34. The summed E-state index contributed by atoms with van der Waals surface area (Å²) in [6.45, 7) is 0.570. The number of alkyl halides is 3. The number of carbonyl (C=O) groups excluding carboxylic acids is 1. The fourth-order valence-corrected chi connectivity index (χ4v) is 4.27. The first-order valence-electron chi connectivity index (χ1n) is 12.3. The number of nitrogens with one attached hydrogen (secondary N) is 2. The number of fused-ring (bicyclic) bond motifs is 1. The molecule has 5 heterocycles. The van der Waals surface area contributed by atoms with E-state index in [9.17, 15) is 28.2 Å². The summed E-state index contributed by atoms with van der Waals surface area (Å²) in [6.07, 6.45) is -5.42. The van der Waals surface area contributed by atoms with Crippen molar-refractivity contribution in [2.45, 2.75) is 44.2 Å². The van der Waals surface area contributed by atoms with Gasteiger partial charge in [-0.05, 0) is 24.6 Å². The number of aliphatic hydroxyl groups is 2. The number of halogens is 3. The third kappa shape index (κ3) is 5.89. The summed E-state index contributed by atoms with van der Waals surface area (Å²) < 4.78 is 49.9. The third-order valence-electron chi connectivity index (χ3n) is 6.40. The van der Waals surface area contributed by atoms with E-state index in [1.807, 2.05) is 19.1 Å². The number of aromatic nitrogens is 6. The summed E-state index contributed by atoms with van der Waals surface area (Å²) in [6, 6.07) is 5.38. The molecule has 16 heteroatoms. The number of anilines is 1. The van der Waals surface area contributed by atoms with Crippen LogP contribution in [-0.2, 0) is 16.1 Å². The Kier molecular flexibility index (Phi) is 7.70. The van der Waals surface area contributed by atoms with Crippen LogP contribution in [0.4, 0.5) is 19.0 Å². The van der Waals surface area contributed by atoms with Gasteiger partial charge in [-0.3, -0.25) is 19.3 Å². The standard InChI is InChI=1S/C25H25F3N8O5/c1-12-4-3-5-30-15(12)9-31-21-16-22(35-20(34-21)13-6-14(40-2)8-29-7-13)36(11-33-16)24-18(38)17(37)19(41-24)23(39)32-10-25(26,27)28/h3-8,11,17-19,24,37-38H,9-10H2,1-2H3,(H,32,39)(H,31,34,35)/t17-,18+,19-,24+/m0/s1. The van der Waals surface area contributed by atoms with Gasteiger partial charge in [0.25, 0.3) is 5.91 Å². The number of aliphatic hydroxyl groups excluding tert-OH is 2. The predicted octanol–water partition coefficient (Wildman–Crippen LogP) is 1.51. The lowest BCUT2D eigenvalue weighted by Gasteiger charge is -2.17. The summed E-state index contributed by atoms with van der Waals surface area (Å²) in [7, 11) is 1.48. The van der Waals surface area contributed by atoms with Crippen LogP contribution < -0.4 is 15.4 Å². The molecule has 0 spiro atoms. The number of ether oxygens (including phenoxy) is 2. The van der Waals surface area contributed by atoms with Crippen LogP contribution in [0, 0.1) is 6.92 Å². The van der Waals surface area contributed by atoms with Crippen LogP contribution in [0.2, 0.25) is 0 Å². The van der Waals surface area contributed by atoms with Crippen molar-refractivity contribution in [2.24, 2.45) is 0 Å². The highest BCUT2D eigenvalue weighted by molar-refractivity contribution is 5.85. The predicted molar refractivity (Wildman–Crippen MR) is 136 cm³/mol. The normalized spacial score (nSPS) is 20.8. The summed E-state index contributed by atoms with van der Waals surface area (Å²) in [4.78, 5) is 34.4. The molecule has 0 saturated carbocycles. The van der Waals surface area contributed by atoms with Gasteiger partial charge in [-0.25, -0.2) is 15.0 Å².